The van der Waals surface area contributed by atoms with E-state index in [0.29, 0.717) is 5.92 Å². The number of hydrogen-bond acceptors (Lipinski definition) is 0. The molecule has 0 spiro atoms. The zero-order valence-corrected chi connectivity index (χ0v) is 15.0. The summed E-state index contributed by atoms with van der Waals surface area (Å²) in [5, 5.41) is 0. The lowest BCUT2D eigenvalue weighted by molar-refractivity contribution is 0.370. The molecule has 1 saturated carbocycles. The van der Waals surface area contributed by atoms with Crippen LogP contribution in [0.4, 0.5) is 0 Å². The van der Waals surface area contributed by atoms with E-state index in [1.165, 1.54) is 18.4 Å². The summed E-state index contributed by atoms with van der Waals surface area (Å²) >= 11 is 0. The predicted octanol–water partition coefficient (Wildman–Crippen LogP) is 6.52. The number of allylic oxidation sites excluding steroid dienone is 6. The van der Waals surface area contributed by atoms with Gasteiger partial charge in [0.15, 0.2) is 0 Å². The van der Waals surface area contributed by atoms with E-state index < -0.39 is 0 Å². The lowest BCUT2D eigenvalue weighted by Gasteiger charge is -2.32. The van der Waals surface area contributed by atoms with E-state index in [-0.39, 0.29) is 0 Å². The lowest BCUT2D eigenvalue weighted by atomic mass is 9.73. The van der Waals surface area contributed by atoms with Crippen LogP contribution in [0.25, 0.3) is 5.57 Å². The molecule has 1 aromatic carbocycles. The van der Waals surface area contributed by atoms with Crippen molar-refractivity contribution in [3.05, 3.63) is 65.8 Å². The maximum Gasteiger partial charge on any atom is -0.00840 e. The Kier molecular flexibility index (Phi) is 4.90. The Labute approximate surface area is 142 Å². The van der Waals surface area contributed by atoms with Crippen LogP contribution >= 0.6 is 0 Å². The van der Waals surface area contributed by atoms with Gasteiger partial charge in [0, 0.05) is 0 Å². The first-order valence-electron chi connectivity index (χ1n) is 9.39. The summed E-state index contributed by atoms with van der Waals surface area (Å²) in [4.78, 5) is 0. The molecule has 5 unspecified atom stereocenters. The molecule has 3 aliphatic rings. The second-order valence-corrected chi connectivity index (χ2v) is 7.17. The van der Waals surface area contributed by atoms with E-state index in [4.69, 9.17) is 0 Å². The molecule has 0 heterocycles. The lowest BCUT2D eigenvalue weighted by Crippen LogP contribution is -2.21. The zero-order valence-electron chi connectivity index (χ0n) is 15.0. The summed E-state index contributed by atoms with van der Waals surface area (Å²) in [6, 6.07) is 10.9. The van der Waals surface area contributed by atoms with Crippen LogP contribution in [0.2, 0.25) is 0 Å². The molecule has 0 heteroatoms. The van der Waals surface area contributed by atoms with Gasteiger partial charge >= 0.3 is 0 Å². The number of rotatable bonds is 2. The average Bonchev–Trinajstić information content (AvgIpc) is 3.39. The highest BCUT2D eigenvalue weighted by molar-refractivity contribution is 5.74. The Bertz CT molecular complexity index is 617. The molecule has 122 valence electrons. The van der Waals surface area contributed by atoms with Gasteiger partial charge in [0.2, 0.25) is 0 Å². The second-order valence-electron chi connectivity index (χ2n) is 7.17. The van der Waals surface area contributed by atoms with Gasteiger partial charge < -0.3 is 0 Å². The quantitative estimate of drug-likeness (QED) is 0.545. The van der Waals surface area contributed by atoms with E-state index in [9.17, 15) is 0 Å². The van der Waals surface area contributed by atoms with Gasteiger partial charge in [-0.3, -0.25) is 0 Å². The molecule has 0 N–H and O–H groups in total. The van der Waals surface area contributed by atoms with Crippen LogP contribution in [0, 0.1) is 29.6 Å². The maximum absolute atomic E-state index is 2.46. The molecule has 1 aromatic rings. The van der Waals surface area contributed by atoms with Crippen molar-refractivity contribution in [2.45, 2.75) is 40.5 Å². The summed E-state index contributed by atoms with van der Waals surface area (Å²) in [6.07, 6.45) is 12.4. The standard InChI is InChI=1S/C21H24.C2H6/c1-14-8-9-15(2)19(12-14)18-11-10-17(20-13-21(18)20)16-6-4-3-5-7-16;1-2/h3-11,14-15,19-21H,12-13H2,1-2H3;1-2H3. The van der Waals surface area contributed by atoms with Crippen molar-refractivity contribution in [3.8, 4) is 0 Å². The molecule has 0 nitrogen and oxygen atoms in total. The van der Waals surface area contributed by atoms with Crippen molar-refractivity contribution in [1.82, 2.24) is 0 Å². The molecular weight excluding hydrogens is 276 g/mol. The van der Waals surface area contributed by atoms with Crippen molar-refractivity contribution in [2.24, 2.45) is 29.6 Å². The average molecular weight is 306 g/mol. The van der Waals surface area contributed by atoms with Crippen LogP contribution in [0.3, 0.4) is 0 Å². The maximum atomic E-state index is 2.46. The Morgan fingerprint density at radius 1 is 0.783 bits per heavy atom. The molecule has 4 rings (SSSR count). The van der Waals surface area contributed by atoms with E-state index >= 15 is 0 Å². The van der Waals surface area contributed by atoms with Crippen LogP contribution < -0.4 is 0 Å². The highest BCUT2D eigenvalue weighted by Crippen LogP contribution is 2.57. The second kappa shape index (κ2) is 6.91. The van der Waals surface area contributed by atoms with E-state index in [1.54, 1.807) is 11.1 Å². The fourth-order valence-corrected chi connectivity index (χ4v) is 4.31. The van der Waals surface area contributed by atoms with Gasteiger partial charge in [-0.25, -0.2) is 0 Å². The first-order chi connectivity index (χ1) is 11.2. The highest BCUT2D eigenvalue weighted by atomic mass is 14.5. The summed E-state index contributed by atoms with van der Waals surface area (Å²) < 4.78 is 0. The van der Waals surface area contributed by atoms with Crippen molar-refractivity contribution in [2.75, 3.05) is 0 Å². The molecule has 0 amide bonds. The predicted molar refractivity (Wildman–Crippen MR) is 101 cm³/mol. The zero-order chi connectivity index (χ0) is 16.4. The van der Waals surface area contributed by atoms with Gasteiger partial charge in [0.25, 0.3) is 0 Å². The van der Waals surface area contributed by atoms with Crippen molar-refractivity contribution in [3.63, 3.8) is 0 Å². The summed E-state index contributed by atoms with van der Waals surface area (Å²) in [7, 11) is 0. The Hall–Kier alpha value is -1.56. The van der Waals surface area contributed by atoms with Crippen molar-refractivity contribution in [1.29, 1.82) is 0 Å². The van der Waals surface area contributed by atoms with Crippen LogP contribution in [-0.4, -0.2) is 0 Å². The van der Waals surface area contributed by atoms with E-state index in [2.05, 4.69) is 68.5 Å². The molecule has 0 radical (unpaired) electrons. The number of fused-ring (bicyclic) bond motifs is 1. The molecule has 1 fully saturated rings. The first-order valence-corrected chi connectivity index (χ1v) is 9.39. The van der Waals surface area contributed by atoms with E-state index in [0.717, 1.165) is 23.7 Å². The minimum absolute atomic E-state index is 0.709. The third-order valence-corrected chi connectivity index (χ3v) is 5.61. The molecule has 0 aromatic heterocycles. The Morgan fingerprint density at radius 3 is 2.26 bits per heavy atom. The highest BCUT2D eigenvalue weighted by Gasteiger charge is 2.46. The minimum Gasteiger partial charge on any atom is -0.0854 e. The van der Waals surface area contributed by atoms with Gasteiger partial charge in [-0.15, -0.1) is 0 Å². The largest absolute Gasteiger partial charge is 0.0854 e. The van der Waals surface area contributed by atoms with Gasteiger partial charge in [0.1, 0.15) is 0 Å². The van der Waals surface area contributed by atoms with Gasteiger partial charge in [-0.05, 0) is 53.6 Å². The van der Waals surface area contributed by atoms with Crippen LogP contribution in [0.15, 0.2) is 60.2 Å². The molecule has 0 aliphatic heterocycles. The molecule has 3 aliphatic carbocycles. The van der Waals surface area contributed by atoms with Crippen molar-refractivity contribution >= 4 is 5.57 Å². The summed E-state index contributed by atoms with van der Waals surface area (Å²) in [5.41, 5.74) is 4.73. The van der Waals surface area contributed by atoms with Gasteiger partial charge in [0.05, 0.1) is 0 Å². The summed E-state index contributed by atoms with van der Waals surface area (Å²) in [6.45, 7) is 8.75. The number of hydrogen-bond donors (Lipinski definition) is 0. The first kappa shape index (κ1) is 16.3. The smallest absolute Gasteiger partial charge is 0.00840 e. The normalized spacial score (nSPS) is 34.5. The van der Waals surface area contributed by atoms with Gasteiger partial charge in [-0.2, -0.15) is 0 Å². The Morgan fingerprint density at radius 2 is 1.52 bits per heavy atom. The fraction of sp³-hybridized carbons (Fsp3) is 0.478. The van der Waals surface area contributed by atoms with Crippen LogP contribution in [0.5, 0.6) is 0 Å². The monoisotopic (exact) mass is 306 g/mol. The summed E-state index contributed by atoms with van der Waals surface area (Å²) in [5.74, 6) is 3.84. The van der Waals surface area contributed by atoms with Crippen molar-refractivity contribution < 1.29 is 0 Å². The van der Waals surface area contributed by atoms with Crippen LogP contribution in [-0.2, 0) is 0 Å². The molecule has 23 heavy (non-hydrogen) atoms. The SMILES string of the molecule is CC.CC1C=CC(C)C(C2=CC=C(c3ccccc3)C3CC23)C1. The molecule has 5 atom stereocenters. The molecule has 0 saturated heterocycles. The minimum atomic E-state index is 0.709. The van der Waals surface area contributed by atoms with E-state index in [1.807, 2.05) is 13.8 Å². The van der Waals surface area contributed by atoms with Crippen LogP contribution in [0.1, 0.15) is 46.1 Å². The third-order valence-electron chi connectivity index (χ3n) is 5.61. The van der Waals surface area contributed by atoms with Gasteiger partial charge in [-0.1, -0.05) is 87.9 Å². The topological polar surface area (TPSA) is 0 Å². The third kappa shape index (κ3) is 3.22. The molecule has 0 bridgehead atoms. The number of benzene rings is 1. The molecular formula is C23H30. The Balaban J connectivity index is 0.000000753. The fourth-order valence-electron chi connectivity index (χ4n) is 4.31.